The van der Waals surface area contributed by atoms with Crippen LogP contribution in [0.1, 0.15) is 10.5 Å². The van der Waals surface area contributed by atoms with Crippen molar-refractivity contribution >= 4 is 35.1 Å². The first-order chi connectivity index (χ1) is 7.68. The predicted molar refractivity (Wildman–Crippen MR) is 66.7 cm³/mol. The van der Waals surface area contributed by atoms with Gasteiger partial charge in [0.15, 0.2) is 0 Å². The molecule has 2 aromatic rings. The van der Waals surface area contributed by atoms with Crippen LogP contribution in [0, 0.1) is 0 Å². The molecule has 2 aromatic heterocycles. The Morgan fingerprint density at radius 2 is 2.06 bits per heavy atom. The fraction of sp³-hybridized carbons (Fsp3) is 0.0909. The maximum atomic E-state index is 11.2. The normalized spacial score (nSPS) is 9.88. The third-order valence-corrected chi connectivity index (χ3v) is 2.49. The van der Waals surface area contributed by atoms with Gasteiger partial charge in [-0.1, -0.05) is 0 Å². The minimum atomic E-state index is -0.467. The molecule has 0 amide bonds. The Bertz CT molecular complexity index is 510. The first-order valence-corrected chi connectivity index (χ1v) is 5.23. The van der Waals surface area contributed by atoms with Gasteiger partial charge in [-0.25, -0.2) is 0 Å². The molecular formula is C11H10BClN2O. The van der Waals surface area contributed by atoms with E-state index < -0.39 is 5.24 Å². The summed E-state index contributed by atoms with van der Waals surface area (Å²) in [5.41, 5.74) is 2.10. The Morgan fingerprint density at radius 3 is 2.69 bits per heavy atom. The number of hydrogen-bond acceptors (Lipinski definition) is 2. The van der Waals surface area contributed by atoms with E-state index in [-0.39, 0.29) is 0 Å². The van der Waals surface area contributed by atoms with E-state index in [1.54, 1.807) is 17.8 Å². The van der Waals surface area contributed by atoms with Crippen molar-refractivity contribution in [3.63, 3.8) is 0 Å². The molecule has 80 valence electrons. The van der Waals surface area contributed by atoms with Crippen LogP contribution in [0.3, 0.4) is 0 Å². The monoisotopic (exact) mass is 232 g/mol. The summed E-state index contributed by atoms with van der Waals surface area (Å²) in [6.07, 6.45) is 1.79. The first kappa shape index (κ1) is 11.0. The molecule has 16 heavy (non-hydrogen) atoms. The van der Waals surface area contributed by atoms with Gasteiger partial charge >= 0.3 is 98.9 Å². The summed E-state index contributed by atoms with van der Waals surface area (Å²) >= 11 is 5.52. The van der Waals surface area contributed by atoms with Gasteiger partial charge in [0.2, 0.25) is 0 Å². The summed E-state index contributed by atoms with van der Waals surface area (Å²) in [5.74, 6) is 3.85. The van der Waals surface area contributed by atoms with E-state index in [0.717, 1.165) is 5.69 Å². The molecule has 0 aliphatic rings. The number of carbonyl (C=O) groups excluding carboxylic acids is 1. The number of nitrogens with zero attached hydrogens (tertiary/aromatic N) is 1. The average molecular weight is 232 g/mol. The Kier molecular flexibility index (Phi) is 3.10. The van der Waals surface area contributed by atoms with Gasteiger partial charge in [0, 0.05) is 0 Å². The fourth-order valence-corrected chi connectivity index (χ4v) is 1.79. The zero-order valence-electron chi connectivity index (χ0n) is 8.77. The topological polar surface area (TPSA) is 34.0 Å². The molecule has 5 heteroatoms. The van der Waals surface area contributed by atoms with Gasteiger partial charge in [-0.3, -0.25) is 0 Å². The van der Waals surface area contributed by atoms with E-state index in [2.05, 4.69) is 5.32 Å². The third kappa shape index (κ3) is 2.17. The van der Waals surface area contributed by atoms with Crippen LogP contribution < -0.4 is 5.32 Å². The molecule has 0 fully saturated rings. The van der Waals surface area contributed by atoms with E-state index >= 15 is 0 Å². The van der Waals surface area contributed by atoms with Crippen molar-refractivity contribution in [2.75, 3.05) is 5.32 Å². The van der Waals surface area contributed by atoms with Crippen molar-refractivity contribution in [3.8, 4) is 0 Å². The van der Waals surface area contributed by atoms with Crippen LogP contribution in [0.2, 0.25) is 0 Å². The molecular weight excluding hydrogens is 222 g/mol. The molecule has 0 aliphatic heterocycles. The van der Waals surface area contributed by atoms with Gasteiger partial charge in [0.25, 0.3) is 0 Å². The van der Waals surface area contributed by atoms with Crippen LogP contribution in [-0.2, 0) is 7.05 Å². The van der Waals surface area contributed by atoms with Crippen molar-refractivity contribution in [1.29, 1.82) is 0 Å². The molecule has 2 heterocycles. The maximum absolute atomic E-state index is 11.2. The first-order valence-electron chi connectivity index (χ1n) is 4.85. The van der Waals surface area contributed by atoms with Crippen LogP contribution >= 0.6 is 11.6 Å². The molecule has 0 spiro atoms. The van der Waals surface area contributed by atoms with Crippen LogP contribution in [0.4, 0.5) is 11.4 Å². The summed E-state index contributed by atoms with van der Waals surface area (Å²) in [6, 6.07) is 5.67. The van der Waals surface area contributed by atoms with E-state index in [9.17, 15) is 4.79 Å². The van der Waals surface area contributed by atoms with Crippen molar-refractivity contribution in [1.82, 2.24) is 4.57 Å². The molecule has 0 aromatic carbocycles. The number of halogens is 1. The molecule has 0 radical (unpaired) electrons. The summed E-state index contributed by atoms with van der Waals surface area (Å²) in [4.78, 5) is 11.2. The van der Waals surface area contributed by atoms with Crippen molar-refractivity contribution in [3.05, 3.63) is 42.0 Å². The molecule has 2 rings (SSSR count). The van der Waals surface area contributed by atoms with Crippen LogP contribution in [-0.4, -0.2) is 16.7 Å². The van der Waals surface area contributed by atoms with Crippen LogP contribution in [0.5, 0.6) is 0 Å². The second-order valence-electron chi connectivity index (χ2n) is 3.45. The van der Waals surface area contributed by atoms with Gasteiger partial charge in [0.1, 0.15) is 0 Å². The summed E-state index contributed by atoms with van der Waals surface area (Å²) < 4.78 is 1.70. The number of aromatic nitrogens is 1. The molecule has 1 N–H and O–H groups in total. The zero-order valence-corrected chi connectivity index (χ0v) is 9.53. The van der Waals surface area contributed by atoms with Crippen LogP contribution in [0.25, 0.3) is 0 Å². The summed E-state index contributed by atoms with van der Waals surface area (Å²) in [7, 11) is 1.78. The molecule has 0 saturated carbocycles. The number of anilines is 2. The summed E-state index contributed by atoms with van der Waals surface area (Å²) in [5, 5.41) is 2.68. The number of rotatable bonds is 3. The second kappa shape index (κ2) is 4.53. The molecule has 0 unspecified atom stereocenters. The predicted octanol–water partition coefficient (Wildman–Crippen LogP) is 2.49. The quantitative estimate of drug-likeness (QED) is 0.825. The zero-order chi connectivity index (χ0) is 11.5. The Morgan fingerprint density at radius 1 is 1.38 bits per heavy atom. The number of carbonyl (C=O) groups is 1. The van der Waals surface area contributed by atoms with E-state index in [0.29, 0.717) is 11.4 Å². The number of nitrogens with one attached hydrogen (secondary N) is 1. The Hall–Kier alpha value is -1.55. The Labute approximate surface area is 99.3 Å². The average Bonchev–Trinajstić information content (AvgIpc) is 2.61. The second-order valence-corrected chi connectivity index (χ2v) is 3.80. The fourth-order valence-electron chi connectivity index (χ4n) is 1.55. The molecule has 3 nitrogen and oxygen atoms in total. The van der Waals surface area contributed by atoms with Crippen LogP contribution in [0.15, 0.2) is 36.3 Å². The van der Waals surface area contributed by atoms with Gasteiger partial charge < -0.3 is 0 Å². The number of hydrogen-bond donors (Lipinski definition) is 1. The minimum absolute atomic E-state index is 0.463. The standard InChI is InChI=1S/C11H10BClN2O/c1-15-7-4-9(10(15)11(13)16)14-8-2-5-12-6-3-8/h2-7,14H,1H3. The van der Waals surface area contributed by atoms with Gasteiger partial charge in [-0.2, -0.15) is 0 Å². The molecule has 0 atom stereocenters. The van der Waals surface area contributed by atoms with Crippen molar-refractivity contribution < 1.29 is 4.79 Å². The SMILES string of the molecule is Cn1ccc(Nc2ccbcc2)c1C(=O)Cl. The van der Waals surface area contributed by atoms with E-state index in [1.165, 1.54) is 0 Å². The number of aryl methyl sites for hydroxylation is 1. The molecule has 0 bridgehead atoms. The van der Waals surface area contributed by atoms with E-state index in [4.69, 9.17) is 11.6 Å². The molecule has 0 saturated heterocycles. The van der Waals surface area contributed by atoms with Gasteiger partial charge in [-0.15, -0.1) is 0 Å². The van der Waals surface area contributed by atoms with Crippen molar-refractivity contribution in [2.24, 2.45) is 7.05 Å². The van der Waals surface area contributed by atoms with Gasteiger partial charge in [0.05, 0.1) is 0 Å². The van der Waals surface area contributed by atoms with Crippen molar-refractivity contribution in [2.45, 2.75) is 0 Å². The molecule has 0 aliphatic carbocycles. The summed E-state index contributed by atoms with van der Waals surface area (Å²) in [6.45, 7) is 1.93. The third-order valence-electron chi connectivity index (χ3n) is 2.31. The Balaban J connectivity index is 2.32. The van der Waals surface area contributed by atoms with E-state index in [1.807, 2.05) is 37.0 Å². The van der Waals surface area contributed by atoms with Gasteiger partial charge in [-0.05, 0) is 0 Å².